The number of nitrogens with zero attached hydrogens (tertiary/aromatic N) is 2. The van der Waals surface area contributed by atoms with Crippen LogP contribution in [0.2, 0.25) is 0 Å². The normalized spacial score (nSPS) is 19.6. The number of hydrogen-bond donors (Lipinski definition) is 1. The Morgan fingerprint density at radius 1 is 1.30 bits per heavy atom. The van der Waals surface area contributed by atoms with Crippen molar-refractivity contribution in [1.82, 2.24) is 15.4 Å². The highest BCUT2D eigenvalue weighted by molar-refractivity contribution is 5.91. The zero-order chi connectivity index (χ0) is 16.1. The molecular formula is C17H27N3O3. The summed E-state index contributed by atoms with van der Waals surface area (Å²) in [5.74, 6) is 0.435. The summed E-state index contributed by atoms with van der Waals surface area (Å²) < 4.78 is 10.7. The molecule has 3 rings (SSSR count). The van der Waals surface area contributed by atoms with Crippen LogP contribution in [0.1, 0.15) is 61.9 Å². The molecule has 2 fully saturated rings. The molecule has 0 bridgehead atoms. The summed E-state index contributed by atoms with van der Waals surface area (Å²) in [6.07, 6.45) is 9.64. The molecule has 0 aromatic carbocycles. The van der Waals surface area contributed by atoms with E-state index in [9.17, 15) is 4.79 Å². The topological polar surface area (TPSA) is 67.6 Å². The van der Waals surface area contributed by atoms with Gasteiger partial charge in [-0.1, -0.05) is 25.7 Å². The smallest absolute Gasteiger partial charge is 0.290 e. The van der Waals surface area contributed by atoms with E-state index in [1.165, 1.54) is 38.5 Å². The molecule has 0 saturated heterocycles. The Bertz CT molecular complexity index is 507. The van der Waals surface area contributed by atoms with Gasteiger partial charge in [-0.2, -0.15) is 0 Å². The first-order valence-corrected chi connectivity index (χ1v) is 8.83. The lowest BCUT2D eigenvalue weighted by molar-refractivity contribution is 0.0889. The molecule has 23 heavy (non-hydrogen) atoms. The van der Waals surface area contributed by atoms with Gasteiger partial charge in [0.15, 0.2) is 0 Å². The van der Waals surface area contributed by atoms with Crippen LogP contribution in [-0.4, -0.2) is 48.2 Å². The zero-order valence-corrected chi connectivity index (χ0v) is 13.9. The van der Waals surface area contributed by atoms with E-state index in [0.717, 1.165) is 19.4 Å². The summed E-state index contributed by atoms with van der Waals surface area (Å²) in [7, 11) is 2.12. The predicted octanol–water partition coefficient (Wildman–Crippen LogP) is 2.60. The van der Waals surface area contributed by atoms with Crippen molar-refractivity contribution in [2.45, 2.75) is 63.5 Å². The third-order valence-electron chi connectivity index (χ3n) is 5.04. The maximum atomic E-state index is 12.1. The van der Waals surface area contributed by atoms with Crippen LogP contribution in [0.15, 0.2) is 10.6 Å². The molecule has 0 unspecified atom stereocenters. The molecule has 0 radical (unpaired) electrons. The standard InChI is InChI=1S/C17H27N3O3/c1-20(14-8-5-9-14)10-11-22-16-12-15(23-19-16)17(21)18-13-6-3-2-4-7-13/h12-14H,2-11H2,1H3,(H,18,21). The van der Waals surface area contributed by atoms with E-state index in [1.807, 2.05) is 0 Å². The van der Waals surface area contributed by atoms with Crippen molar-refractivity contribution in [2.75, 3.05) is 20.2 Å². The average Bonchev–Trinajstić information content (AvgIpc) is 2.95. The van der Waals surface area contributed by atoms with E-state index in [1.54, 1.807) is 6.07 Å². The number of likely N-dealkylation sites (N-methyl/N-ethyl adjacent to an activating group) is 1. The molecule has 0 aliphatic heterocycles. The molecule has 1 amide bonds. The van der Waals surface area contributed by atoms with Crippen molar-refractivity contribution in [2.24, 2.45) is 0 Å². The second-order valence-electron chi connectivity index (χ2n) is 6.75. The van der Waals surface area contributed by atoms with Crippen LogP contribution in [0.5, 0.6) is 5.88 Å². The van der Waals surface area contributed by atoms with Crippen LogP contribution in [0, 0.1) is 0 Å². The fourth-order valence-electron chi connectivity index (χ4n) is 3.24. The van der Waals surface area contributed by atoms with Gasteiger partial charge in [0.25, 0.3) is 11.8 Å². The molecule has 2 aliphatic rings. The fourth-order valence-corrected chi connectivity index (χ4v) is 3.24. The maximum Gasteiger partial charge on any atom is 0.290 e. The third kappa shape index (κ3) is 4.47. The number of hydrogen-bond acceptors (Lipinski definition) is 5. The van der Waals surface area contributed by atoms with Gasteiger partial charge < -0.3 is 19.5 Å². The first-order chi connectivity index (χ1) is 11.2. The van der Waals surface area contributed by atoms with Crippen LogP contribution in [0.3, 0.4) is 0 Å². The van der Waals surface area contributed by atoms with Crippen LogP contribution < -0.4 is 10.1 Å². The Balaban J connectivity index is 1.40. The van der Waals surface area contributed by atoms with Gasteiger partial charge in [0.2, 0.25) is 5.76 Å². The minimum Gasteiger partial charge on any atom is -0.474 e. The van der Waals surface area contributed by atoms with E-state index in [-0.39, 0.29) is 17.7 Å². The number of rotatable bonds is 7. The molecule has 1 aromatic heterocycles. The molecular weight excluding hydrogens is 294 g/mol. The van der Waals surface area contributed by atoms with Gasteiger partial charge >= 0.3 is 0 Å². The van der Waals surface area contributed by atoms with Crippen molar-refractivity contribution >= 4 is 5.91 Å². The molecule has 0 spiro atoms. The first kappa shape index (κ1) is 16.3. The van der Waals surface area contributed by atoms with Crippen LogP contribution in [0.25, 0.3) is 0 Å². The molecule has 1 heterocycles. The first-order valence-electron chi connectivity index (χ1n) is 8.83. The van der Waals surface area contributed by atoms with Gasteiger partial charge in [0, 0.05) is 18.6 Å². The van der Waals surface area contributed by atoms with Gasteiger partial charge in [-0.3, -0.25) is 4.79 Å². The number of nitrogens with one attached hydrogen (secondary N) is 1. The largest absolute Gasteiger partial charge is 0.474 e. The van der Waals surface area contributed by atoms with Crippen molar-refractivity contribution in [3.63, 3.8) is 0 Å². The summed E-state index contributed by atoms with van der Waals surface area (Å²) in [4.78, 5) is 14.5. The number of carbonyl (C=O) groups excluding carboxylic acids is 1. The van der Waals surface area contributed by atoms with E-state index >= 15 is 0 Å². The van der Waals surface area contributed by atoms with Crippen molar-refractivity contribution in [3.8, 4) is 5.88 Å². The number of amides is 1. The van der Waals surface area contributed by atoms with Gasteiger partial charge in [-0.15, -0.1) is 0 Å². The highest BCUT2D eigenvalue weighted by atomic mass is 16.5. The molecule has 6 nitrogen and oxygen atoms in total. The van der Waals surface area contributed by atoms with E-state index < -0.39 is 0 Å². The Labute approximate surface area is 137 Å². The monoisotopic (exact) mass is 321 g/mol. The predicted molar refractivity (Wildman–Crippen MR) is 86.6 cm³/mol. The Morgan fingerprint density at radius 2 is 2.09 bits per heavy atom. The van der Waals surface area contributed by atoms with Crippen LogP contribution >= 0.6 is 0 Å². The number of aromatic nitrogens is 1. The Kier molecular flexibility index (Phi) is 5.54. The van der Waals surface area contributed by atoms with Gasteiger partial charge in [-0.05, 0) is 37.9 Å². The average molecular weight is 321 g/mol. The number of ether oxygens (including phenoxy) is 1. The molecule has 6 heteroatoms. The van der Waals surface area contributed by atoms with Gasteiger partial charge in [0.05, 0.1) is 6.07 Å². The third-order valence-corrected chi connectivity index (χ3v) is 5.04. The minimum absolute atomic E-state index is 0.189. The second kappa shape index (κ2) is 7.81. The summed E-state index contributed by atoms with van der Waals surface area (Å²) >= 11 is 0. The van der Waals surface area contributed by atoms with Crippen LogP contribution in [0.4, 0.5) is 0 Å². The lowest BCUT2D eigenvalue weighted by Crippen LogP contribution is -2.39. The van der Waals surface area contributed by atoms with E-state index in [0.29, 0.717) is 18.5 Å². The van der Waals surface area contributed by atoms with Gasteiger partial charge in [-0.25, -0.2) is 0 Å². The molecule has 1 aromatic rings. The summed E-state index contributed by atoms with van der Waals surface area (Å²) in [6, 6.07) is 2.55. The second-order valence-corrected chi connectivity index (χ2v) is 6.75. The Hall–Kier alpha value is -1.56. The van der Waals surface area contributed by atoms with E-state index in [4.69, 9.17) is 9.26 Å². The number of carbonyl (C=O) groups is 1. The molecule has 2 aliphatic carbocycles. The zero-order valence-electron chi connectivity index (χ0n) is 13.9. The summed E-state index contributed by atoms with van der Waals surface area (Å²) in [5, 5.41) is 6.85. The fraction of sp³-hybridized carbons (Fsp3) is 0.765. The summed E-state index contributed by atoms with van der Waals surface area (Å²) in [6.45, 7) is 1.42. The SMILES string of the molecule is CN(CCOc1cc(C(=O)NC2CCCCC2)on1)C1CCC1. The lowest BCUT2D eigenvalue weighted by Gasteiger charge is -2.34. The van der Waals surface area contributed by atoms with Crippen LogP contribution in [-0.2, 0) is 0 Å². The van der Waals surface area contributed by atoms with E-state index in [2.05, 4.69) is 22.4 Å². The molecule has 1 N–H and O–H groups in total. The highest BCUT2D eigenvalue weighted by Crippen LogP contribution is 2.23. The maximum absolute atomic E-state index is 12.1. The minimum atomic E-state index is -0.189. The lowest BCUT2D eigenvalue weighted by atomic mass is 9.92. The molecule has 128 valence electrons. The highest BCUT2D eigenvalue weighted by Gasteiger charge is 2.22. The van der Waals surface area contributed by atoms with Crippen molar-refractivity contribution in [1.29, 1.82) is 0 Å². The molecule has 2 saturated carbocycles. The quantitative estimate of drug-likeness (QED) is 0.836. The summed E-state index contributed by atoms with van der Waals surface area (Å²) in [5.41, 5.74) is 0. The van der Waals surface area contributed by atoms with Crippen molar-refractivity contribution in [3.05, 3.63) is 11.8 Å². The molecule has 0 atom stereocenters. The van der Waals surface area contributed by atoms with Gasteiger partial charge in [0.1, 0.15) is 6.61 Å². The van der Waals surface area contributed by atoms with Crippen molar-refractivity contribution < 1.29 is 14.1 Å². The Morgan fingerprint density at radius 3 is 2.78 bits per heavy atom.